The Morgan fingerprint density at radius 2 is 1.87 bits per heavy atom. The summed E-state index contributed by atoms with van der Waals surface area (Å²) >= 11 is 0. The number of nitrogens with zero attached hydrogens (tertiary/aromatic N) is 4. The van der Waals surface area contributed by atoms with Crippen molar-refractivity contribution < 1.29 is 13.2 Å². The number of piperidine rings is 1. The van der Waals surface area contributed by atoms with Crippen LogP contribution in [0.3, 0.4) is 0 Å². The molecule has 3 N–H and O–H groups in total. The Kier molecular flexibility index (Phi) is 9.13. The normalized spacial score (nSPS) is 17.6. The second-order valence-electron chi connectivity index (χ2n) is 9.95. The second kappa shape index (κ2) is 12.5. The van der Waals surface area contributed by atoms with Gasteiger partial charge in [0.1, 0.15) is 5.82 Å². The number of benzene rings is 1. The Morgan fingerprint density at radius 1 is 1.10 bits per heavy atom. The van der Waals surface area contributed by atoms with Gasteiger partial charge in [0, 0.05) is 48.8 Å². The summed E-state index contributed by atoms with van der Waals surface area (Å²) in [6.45, 7) is 7.48. The largest absolute Gasteiger partial charge is 0.336 e. The molecule has 1 aromatic carbocycles. The van der Waals surface area contributed by atoms with Crippen molar-refractivity contribution in [2.75, 3.05) is 22.8 Å². The summed E-state index contributed by atoms with van der Waals surface area (Å²) in [5.41, 5.74) is 4.71. The molecule has 4 rings (SSSR count). The third-order valence-electron chi connectivity index (χ3n) is 6.95. The van der Waals surface area contributed by atoms with Crippen molar-refractivity contribution in [1.82, 2.24) is 25.2 Å². The number of anilines is 3. The average Bonchev–Trinajstić information content (AvgIpc) is 2.91. The SMILES string of the molecule is CCc1ccc(Nc2ncc(CC)c(CN[C@@H]3CCN(C(=O)c4ccnc(NS(C)(=O)=O)c4)[C@H](C)C3)n2)cc1. The first-order chi connectivity index (χ1) is 18.6. The molecule has 3 aromatic rings. The summed E-state index contributed by atoms with van der Waals surface area (Å²) in [5.74, 6) is 0.576. The molecule has 0 saturated carbocycles. The van der Waals surface area contributed by atoms with Crippen molar-refractivity contribution in [2.45, 2.75) is 65.1 Å². The van der Waals surface area contributed by atoms with E-state index in [9.17, 15) is 13.2 Å². The minimum absolute atomic E-state index is 0.0163. The fourth-order valence-corrected chi connectivity index (χ4v) is 5.27. The Hall–Kier alpha value is -3.57. The molecular weight excluding hydrogens is 514 g/mol. The highest BCUT2D eigenvalue weighted by Crippen LogP contribution is 2.22. The number of rotatable bonds is 10. The van der Waals surface area contributed by atoms with Crippen LogP contribution in [0.25, 0.3) is 0 Å². The summed E-state index contributed by atoms with van der Waals surface area (Å²) in [4.78, 5) is 28.3. The number of hydrogen-bond donors (Lipinski definition) is 3. The Bertz CT molecular complexity index is 1400. The molecule has 3 heterocycles. The standard InChI is InChI=1S/C28H37N7O3S/c1-5-20-7-9-23(10-8-20)32-28-31-17-21(6-2)25(33-28)18-30-24-12-14-35(19(3)15-24)27(36)22-11-13-29-26(16-22)34-39(4,37)38/h7-11,13,16-17,19,24,30H,5-6,12,14-15,18H2,1-4H3,(H,29,34)(H,31,32,33)/t19-,24-/m1/s1. The lowest BCUT2D eigenvalue weighted by Crippen LogP contribution is -2.49. The zero-order valence-electron chi connectivity index (χ0n) is 22.9. The highest BCUT2D eigenvalue weighted by molar-refractivity contribution is 7.92. The number of pyridine rings is 1. The lowest BCUT2D eigenvalue weighted by molar-refractivity contribution is 0.0601. The van der Waals surface area contributed by atoms with Crippen LogP contribution in [0.15, 0.2) is 48.8 Å². The number of amides is 1. The van der Waals surface area contributed by atoms with Gasteiger partial charge in [-0.15, -0.1) is 0 Å². The quantitative estimate of drug-likeness (QED) is 0.346. The third kappa shape index (κ3) is 7.73. The maximum atomic E-state index is 13.2. The Morgan fingerprint density at radius 3 is 2.54 bits per heavy atom. The van der Waals surface area contributed by atoms with E-state index in [0.29, 0.717) is 24.6 Å². The predicted molar refractivity (Wildman–Crippen MR) is 154 cm³/mol. The smallest absolute Gasteiger partial charge is 0.254 e. The zero-order chi connectivity index (χ0) is 28.0. The summed E-state index contributed by atoms with van der Waals surface area (Å²) in [6.07, 6.45) is 7.82. The van der Waals surface area contributed by atoms with Crippen molar-refractivity contribution in [3.8, 4) is 0 Å². The summed E-state index contributed by atoms with van der Waals surface area (Å²) < 4.78 is 25.4. The summed E-state index contributed by atoms with van der Waals surface area (Å²) in [6, 6.07) is 11.6. The Labute approximate surface area is 230 Å². The van der Waals surface area contributed by atoms with Gasteiger partial charge in [0.05, 0.1) is 11.9 Å². The van der Waals surface area contributed by atoms with E-state index in [1.54, 1.807) is 6.07 Å². The number of aryl methyl sites for hydroxylation is 2. The highest BCUT2D eigenvalue weighted by Gasteiger charge is 2.29. The number of sulfonamides is 1. The molecule has 1 amide bonds. The lowest BCUT2D eigenvalue weighted by atomic mass is 9.97. The first-order valence-corrected chi connectivity index (χ1v) is 15.2. The molecule has 39 heavy (non-hydrogen) atoms. The monoisotopic (exact) mass is 551 g/mol. The summed E-state index contributed by atoms with van der Waals surface area (Å²) in [5, 5.41) is 6.95. The van der Waals surface area contributed by atoms with Crippen LogP contribution < -0.4 is 15.4 Å². The number of aromatic nitrogens is 3. The number of likely N-dealkylation sites (tertiary alicyclic amines) is 1. The van der Waals surface area contributed by atoms with Gasteiger partial charge in [-0.05, 0) is 68.0 Å². The van der Waals surface area contributed by atoms with E-state index in [-0.39, 0.29) is 23.8 Å². The van der Waals surface area contributed by atoms with Crippen molar-refractivity contribution in [3.63, 3.8) is 0 Å². The number of nitrogens with one attached hydrogen (secondary N) is 3. The number of carbonyl (C=O) groups excluding carboxylic acids is 1. The van der Waals surface area contributed by atoms with Gasteiger partial charge in [-0.3, -0.25) is 9.52 Å². The van der Waals surface area contributed by atoms with Crippen LogP contribution in [-0.4, -0.2) is 59.1 Å². The molecule has 1 aliphatic heterocycles. The van der Waals surface area contributed by atoms with Gasteiger partial charge in [0.25, 0.3) is 5.91 Å². The van der Waals surface area contributed by atoms with Crippen molar-refractivity contribution in [3.05, 3.63) is 71.2 Å². The molecule has 0 aliphatic carbocycles. The van der Waals surface area contributed by atoms with E-state index in [1.807, 2.05) is 30.2 Å². The second-order valence-corrected chi connectivity index (χ2v) is 11.7. The fourth-order valence-electron chi connectivity index (χ4n) is 4.78. The molecule has 2 atom stereocenters. The van der Waals surface area contributed by atoms with Gasteiger partial charge < -0.3 is 15.5 Å². The maximum absolute atomic E-state index is 13.2. The topological polar surface area (TPSA) is 129 Å². The van der Waals surface area contributed by atoms with Crippen molar-refractivity contribution in [2.24, 2.45) is 0 Å². The molecule has 11 heteroatoms. The average molecular weight is 552 g/mol. The van der Waals surface area contributed by atoms with E-state index in [1.165, 1.54) is 17.8 Å². The molecule has 0 unspecified atom stereocenters. The molecule has 10 nitrogen and oxygen atoms in total. The van der Waals surface area contributed by atoms with Gasteiger partial charge in [0.15, 0.2) is 0 Å². The minimum Gasteiger partial charge on any atom is -0.336 e. The van der Waals surface area contributed by atoms with E-state index in [2.05, 4.69) is 51.3 Å². The van der Waals surface area contributed by atoms with E-state index in [0.717, 1.165) is 48.9 Å². The van der Waals surface area contributed by atoms with Crippen molar-refractivity contribution in [1.29, 1.82) is 0 Å². The molecule has 0 bridgehead atoms. The maximum Gasteiger partial charge on any atom is 0.254 e. The molecule has 0 radical (unpaired) electrons. The third-order valence-corrected chi connectivity index (χ3v) is 7.53. The predicted octanol–water partition coefficient (Wildman–Crippen LogP) is 3.89. The van der Waals surface area contributed by atoms with Crippen LogP contribution >= 0.6 is 0 Å². The van der Waals surface area contributed by atoms with Gasteiger partial charge >= 0.3 is 0 Å². The van der Waals surface area contributed by atoms with Crippen LogP contribution in [0.1, 0.15) is 60.8 Å². The van der Waals surface area contributed by atoms with Gasteiger partial charge in [-0.1, -0.05) is 26.0 Å². The number of carbonyl (C=O) groups is 1. The van der Waals surface area contributed by atoms with Crippen LogP contribution in [0.2, 0.25) is 0 Å². The van der Waals surface area contributed by atoms with Crippen LogP contribution in [0, 0.1) is 0 Å². The van der Waals surface area contributed by atoms with Crippen LogP contribution in [-0.2, 0) is 29.4 Å². The van der Waals surface area contributed by atoms with E-state index >= 15 is 0 Å². The van der Waals surface area contributed by atoms with E-state index in [4.69, 9.17) is 4.98 Å². The van der Waals surface area contributed by atoms with Crippen LogP contribution in [0.4, 0.5) is 17.5 Å². The summed E-state index contributed by atoms with van der Waals surface area (Å²) in [7, 11) is -3.48. The molecule has 1 aliphatic rings. The highest BCUT2D eigenvalue weighted by atomic mass is 32.2. The minimum atomic E-state index is -3.48. The molecular formula is C28H37N7O3S. The molecule has 1 fully saturated rings. The first kappa shape index (κ1) is 28.4. The van der Waals surface area contributed by atoms with Gasteiger partial charge in [-0.25, -0.2) is 23.4 Å². The fraction of sp³-hybridized carbons (Fsp3) is 0.429. The molecule has 1 saturated heterocycles. The van der Waals surface area contributed by atoms with E-state index < -0.39 is 10.0 Å². The molecule has 2 aromatic heterocycles. The molecule has 0 spiro atoms. The molecule has 208 valence electrons. The van der Waals surface area contributed by atoms with Gasteiger partial charge in [0.2, 0.25) is 16.0 Å². The van der Waals surface area contributed by atoms with Gasteiger partial charge in [-0.2, -0.15) is 0 Å². The lowest BCUT2D eigenvalue weighted by Gasteiger charge is -2.38. The number of hydrogen-bond acceptors (Lipinski definition) is 8. The van der Waals surface area contributed by atoms with Crippen LogP contribution in [0.5, 0.6) is 0 Å². The zero-order valence-corrected chi connectivity index (χ0v) is 23.8. The van der Waals surface area contributed by atoms with Crippen molar-refractivity contribution >= 4 is 33.4 Å². The first-order valence-electron chi connectivity index (χ1n) is 13.3. The Balaban J connectivity index is 1.36.